The molecule has 3 atom stereocenters. The van der Waals surface area contributed by atoms with Gasteiger partial charge >= 0.3 is 6.09 Å². The molecular formula is C22H24N4O3. The van der Waals surface area contributed by atoms with Crippen LogP contribution in [0.3, 0.4) is 0 Å². The minimum atomic E-state index is -0.607. The fourth-order valence-corrected chi connectivity index (χ4v) is 3.71. The third-order valence-corrected chi connectivity index (χ3v) is 5.18. The lowest BCUT2D eigenvalue weighted by molar-refractivity contribution is -0.133. The molecule has 1 fully saturated rings. The van der Waals surface area contributed by atoms with Gasteiger partial charge in [-0.3, -0.25) is 4.79 Å². The van der Waals surface area contributed by atoms with E-state index in [1.54, 1.807) is 0 Å². The lowest BCUT2D eigenvalue weighted by atomic mass is 9.92. The maximum Gasteiger partial charge on any atom is 0.417 e. The zero-order chi connectivity index (χ0) is 20.6. The summed E-state index contributed by atoms with van der Waals surface area (Å²) in [6.07, 6.45) is 0.534. The van der Waals surface area contributed by atoms with Crippen LogP contribution < -0.4 is 0 Å². The largest absolute Gasteiger partial charge is 0.439 e. The van der Waals surface area contributed by atoms with E-state index in [1.165, 1.54) is 4.90 Å². The van der Waals surface area contributed by atoms with E-state index >= 15 is 0 Å². The highest BCUT2D eigenvalue weighted by molar-refractivity contribution is 5.95. The summed E-state index contributed by atoms with van der Waals surface area (Å²) in [6.45, 7) is 2.15. The predicted molar refractivity (Wildman–Crippen MR) is 109 cm³/mol. The van der Waals surface area contributed by atoms with Crippen molar-refractivity contribution in [2.45, 2.75) is 38.3 Å². The zero-order valence-corrected chi connectivity index (χ0v) is 16.3. The molecule has 0 spiro atoms. The van der Waals surface area contributed by atoms with Crippen molar-refractivity contribution < 1.29 is 14.3 Å². The molecule has 0 aromatic heterocycles. The summed E-state index contributed by atoms with van der Waals surface area (Å²) >= 11 is 0. The van der Waals surface area contributed by atoms with Crippen molar-refractivity contribution >= 4 is 12.0 Å². The van der Waals surface area contributed by atoms with Gasteiger partial charge in [-0.1, -0.05) is 65.8 Å². The Balaban J connectivity index is 1.78. The molecular weight excluding hydrogens is 368 g/mol. The average Bonchev–Trinajstić information content (AvgIpc) is 3.05. The Morgan fingerprint density at radius 1 is 1.17 bits per heavy atom. The molecule has 2 amide bonds. The number of hydrogen-bond acceptors (Lipinski definition) is 4. The Morgan fingerprint density at radius 3 is 2.48 bits per heavy atom. The Kier molecular flexibility index (Phi) is 6.87. The first-order valence-electron chi connectivity index (χ1n) is 9.75. The van der Waals surface area contributed by atoms with Crippen molar-refractivity contribution in [2.75, 3.05) is 6.54 Å². The number of rotatable bonds is 8. The summed E-state index contributed by atoms with van der Waals surface area (Å²) in [7, 11) is 0. The van der Waals surface area contributed by atoms with Gasteiger partial charge in [0.25, 0.3) is 0 Å². The molecule has 7 heteroatoms. The van der Waals surface area contributed by atoms with Gasteiger partial charge in [0.1, 0.15) is 6.10 Å². The van der Waals surface area contributed by atoms with Crippen molar-refractivity contribution in [1.29, 1.82) is 0 Å². The molecule has 3 rings (SSSR count). The van der Waals surface area contributed by atoms with E-state index < -0.39 is 24.2 Å². The van der Waals surface area contributed by atoms with E-state index in [2.05, 4.69) is 10.0 Å². The number of cyclic esters (lactones) is 1. The van der Waals surface area contributed by atoms with Crippen LogP contribution in [0.4, 0.5) is 4.79 Å². The van der Waals surface area contributed by atoms with Gasteiger partial charge in [-0.2, -0.15) is 0 Å². The van der Waals surface area contributed by atoms with Crippen LogP contribution in [0.2, 0.25) is 0 Å². The molecule has 0 aliphatic carbocycles. The molecule has 0 saturated carbocycles. The minimum Gasteiger partial charge on any atom is -0.439 e. The van der Waals surface area contributed by atoms with Crippen molar-refractivity contribution in [2.24, 2.45) is 11.0 Å². The van der Waals surface area contributed by atoms with E-state index in [0.29, 0.717) is 25.8 Å². The number of carbonyl (C=O) groups excluding carboxylic acids is 2. The van der Waals surface area contributed by atoms with Gasteiger partial charge in [0.05, 0.1) is 6.04 Å². The Hall–Kier alpha value is -3.31. The highest BCUT2D eigenvalue weighted by Crippen LogP contribution is 2.34. The topological polar surface area (TPSA) is 95.4 Å². The molecule has 1 aliphatic rings. The molecule has 0 radical (unpaired) electrons. The number of carbonyl (C=O) groups is 2. The fourth-order valence-electron chi connectivity index (χ4n) is 3.71. The van der Waals surface area contributed by atoms with Crippen LogP contribution in [0.25, 0.3) is 10.4 Å². The maximum atomic E-state index is 13.3. The molecule has 29 heavy (non-hydrogen) atoms. The van der Waals surface area contributed by atoms with E-state index in [1.807, 2.05) is 67.6 Å². The highest BCUT2D eigenvalue weighted by atomic mass is 16.6. The molecule has 1 aliphatic heterocycles. The van der Waals surface area contributed by atoms with Crippen LogP contribution in [-0.4, -0.2) is 29.5 Å². The van der Waals surface area contributed by atoms with Gasteiger partial charge in [0, 0.05) is 17.4 Å². The number of hydrogen-bond donors (Lipinski definition) is 0. The van der Waals surface area contributed by atoms with Gasteiger partial charge in [-0.05, 0) is 42.8 Å². The summed E-state index contributed by atoms with van der Waals surface area (Å²) in [5.74, 6) is -0.637. The number of nitrogens with zero attached hydrogens (tertiary/aromatic N) is 4. The fraction of sp³-hybridized carbons (Fsp3) is 0.364. The third kappa shape index (κ3) is 4.95. The van der Waals surface area contributed by atoms with Gasteiger partial charge in [0.15, 0.2) is 0 Å². The van der Waals surface area contributed by atoms with Crippen LogP contribution in [-0.2, 0) is 16.0 Å². The number of ether oxygens (including phenoxy) is 1. The molecule has 2 aromatic carbocycles. The van der Waals surface area contributed by atoms with Crippen molar-refractivity contribution in [1.82, 2.24) is 4.90 Å². The number of imide groups is 1. The monoisotopic (exact) mass is 392 g/mol. The Morgan fingerprint density at radius 2 is 1.83 bits per heavy atom. The first-order chi connectivity index (χ1) is 14.1. The first-order valence-corrected chi connectivity index (χ1v) is 9.75. The van der Waals surface area contributed by atoms with Crippen LogP contribution >= 0.6 is 0 Å². The van der Waals surface area contributed by atoms with E-state index in [9.17, 15) is 9.59 Å². The smallest absolute Gasteiger partial charge is 0.417 e. The number of azide groups is 1. The number of amides is 2. The van der Waals surface area contributed by atoms with Crippen LogP contribution in [0.1, 0.15) is 37.0 Å². The van der Waals surface area contributed by atoms with E-state index in [4.69, 9.17) is 10.3 Å². The van der Waals surface area contributed by atoms with Crippen molar-refractivity contribution in [3.63, 3.8) is 0 Å². The summed E-state index contributed by atoms with van der Waals surface area (Å²) in [4.78, 5) is 29.9. The second-order valence-electron chi connectivity index (χ2n) is 7.15. The molecule has 1 saturated heterocycles. The first kappa shape index (κ1) is 20.4. The minimum absolute atomic E-state index is 0.245. The predicted octanol–water partition coefficient (Wildman–Crippen LogP) is 5.04. The van der Waals surface area contributed by atoms with Crippen LogP contribution in [0.5, 0.6) is 0 Å². The van der Waals surface area contributed by atoms with Crippen LogP contribution in [0, 0.1) is 5.92 Å². The zero-order valence-electron chi connectivity index (χ0n) is 16.3. The molecule has 7 nitrogen and oxygen atoms in total. The highest BCUT2D eigenvalue weighted by Gasteiger charge is 2.45. The normalized spacial score (nSPS) is 19.3. The SMILES string of the molecule is C[C@@H]1[C@H](c2ccccc2)OC(=O)N1C(=O)[C@@H](CCCN=[N+]=[N-])Cc1ccccc1. The van der Waals surface area contributed by atoms with E-state index in [0.717, 1.165) is 11.1 Å². The molecule has 0 bridgehead atoms. The van der Waals surface area contributed by atoms with Gasteiger partial charge in [-0.15, -0.1) is 0 Å². The molecule has 150 valence electrons. The summed E-state index contributed by atoms with van der Waals surface area (Å²) < 4.78 is 5.54. The van der Waals surface area contributed by atoms with Gasteiger partial charge in [0.2, 0.25) is 5.91 Å². The van der Waals surface area contributed by atoms with Crippen molar-refractivity contribution in [3.05, 3.63) is 82.2 Å². The lowest BCUT2D eigenvalue weighted by Gasteiger charge is -2.24. The molecule has 1 heterocycles. The third-order valence-electron chi connectivity index (χ3n) is 5.18. The van der Waals surface area contributed by atoms with E-state index in [-0.39, 0.29) is 5.91 Å². The lowest BCUT2D eigenvalue weighted by Crippen LogP contribution is -2.42. The molecule has 2 aromatic rings. The summed E-state index contributed by atoms with van der Waals surface area (Å²) in [5, 5.41) is 3.55. The summed E-state index contributed by atoms with van der Waals surface area (Å²) in [6, 6.07) is 18.8. The molecule has 0 N–H and O–H groups in total. The maximum absolute atomic E-state index is 13.3. The second kappa shape index (κ2) is 9.75. The standard InChI is InChI=1S/C22H24N4O3/c1-16-20(18-11-6-3-7-12-18)29-22(28)26(16)21(27)19(13-8-14-24-25-23)15-17-9-4-2-5-10-17/h2-7,9-12,16,19-20H,8,13-15H2,1H3/t16-,19+,20-/m1/s1. The van der Waals surface area contributed by atoms with Crippen molar-refractivity contribution in [3.8, 4) is 0 Å². The Labute approximate surface area is 169 Å². The quantitative estimate of drug-likeness (QED) is 0.272. The van der Waals surface area contributed by atoms with Crippen LogP contribution in [0.15, 0.2) is 65.8 Å². The van der Waals surface area contributed by atoms with Gasteiger partial charge < -0.3 is 4.74 Å². The summed E-state index contributed by atoms with van der Waals surface area (Å²) in [5.41, 5.74) is 10.4. The second-order valence-corrected chi connectivity index (χ2v) is 7.15. The Bertz CT molecular complexity index is 881. The number of benzene rings is 2. The molecule has 0 unspecified atom stereocenters. The average molecular weight is 392 g/mol. The van der Waals surface area contributed by atoms with Gasteiger partial charge in [-0.25, -0.2) is 9.69 Å².